The van der Waals surface area contributed by atoms with Crippen molar-refractivity contribution < 1.29 is 18.3 Å². The summed E-state index contributed by atoms with van der Waals surface area (Å²) in [6.07, 6.45) is 12.1. The third-order valence-electron chi connectivity index (χ3n) is 7.06. The normalized spacial score (nSPS) is 22.0. The second-order valence-corrected chi connectivity index (χ2v) is 12.2. The quantitative estimate of drug-likeness (QED) is 0.357. The number of anilines is 3. The van der Waals surface area contributed by atoms with Crippen LogP contribution >= 0.6 is 0 Å². The minimum Gasteiger partial charge on any atom is -0.393 e. The average Bonchev–Trinajstić information content (AvgIpc) is 3.81. The Bertz CT molecular complexity index is 1430. The van der Waals surface area contributed by atoms with Crippen LogP contribution in [0.15, 0.2) is 36.9 Å². The van der Waals surface area contributed by atoms with Crippen molar-refractivity contribution >= 4 is 33.1 Å². The Balaban J connectivity index is 1.24. The molecule has 37 heavy (non-hydrogen) atoms. The van der Waals surface area contributed by atoms with Gasteiger partial charge >= 0.3 is 0 Å². The van der Waals surface area contributed by atoms with Crippen LogP contribution in [-0.2, 0) is 10.0 Å². The fraction of sp³-hybridized carbons (Fsp3) is 0.480. The Kier molecular flexibility index (Phi) is 6.15. The van der Waals surface area contributed by atoms with Gasteiger partial charge in [0.2, 0.25) is 0 Å². The van der Waals surface area contributed by atoms with Crippen molar-refractivity contribution in [3.63, 3.8) is 0 Å². The molecule has 0 aromatic carbocycles. The van der Waals surface area contributed by atoms with Gasteiger partial charge in [0.1, 0.15) is 11.6 Å². The number of aliphatic hydroxyl groups excluding tert-OH is 1. The number of carbonyl (C=O) groups excluding carboxylic acids is 1. The Labute approximate surface area is 214 Å². The predicted molar refractivity (Wildman–Crippen MR) is 137 cm³/mol. The number of aromatic nitrogens is 5. The maximum Gasteiger partial charge on any atom is 0.256 e. The standard InChI is InChI=1S/C25H29N7O4S/c33-18-3-1-2-17(10-18)29-21-11-23(27-13-20(21)24(34)15-4-5-15)30-22-8-9-26-25(31-22)16-12-28-32(14-16)37(35,36)19-6-7-19/h8-9,11-15,17-19,33H,1-7,10H2,(H2,26,27,29,30,31)/t17-,18+/m1/s1. The summed E-state index contributed by atoms with van der Waals surface area (Å²) in [6.45, 7) is 0. The van der Waals surface area contributed by atoms with E-state index in [1.165, 1.54) is 12.4 Å². The Morgan fingerprint density at radius 2 is 1.89 bits per heavy atom. The Morgan fingerprint density at radius 3 is 2.65 bits per heavy atom. The van der Waals surface area contributed by atoms with E-state index in [0.717, 1.165) is 36.2 Å². The number of pyridine rings is 1. The molecule has 12 heteroatoms. The number of hydrogen-bond acceptors (Lipinski definition) is 10. The van der Waals surface area contributed by atoms with Crippen LogP contribution in [0.5, 0.6) is 0 Å². The van der Waals surface area contributed by atoms with Gasteiger partial charge in [0.05, 0.1) is 40.6 Å². The summed E-state index contributed by atoms with van der Waals surface area (Å²) in [6, 6.07) is 3.57. The third kappa shape index (κ3) is 5.21. The number of nitrogens with zero attached hydrogens (tertiary/aromatic N) is 5. The van der Waals surface area contributed by atoms with Crippen molar-refractivity contribution in [3.8, 4) is 11.4 Å². The molecule has 11 nitrogen and oxygen atoms in total. The summed E-state index contributed by atoms with van der Waals surface area (Å²) in [4.78, 5) is 26.2. The number of Topliss-reactive ketones (excluding diaryl/α,β-unsaturated/α-hetero) is 1. The second kappa shape index (κ2) is 9.49. The highest BCUT2D eigenvalue weighted by atomic mass is 32.2. The van der Waals surface area contributed by atoms with Crippen LogP contribution in [0.2, 0.25) is 0 Å². The monoisotopic (exact) mass is 523 g/mol. The van der Waals surface area contributed by atoms with Gasteiger partial charge in [0.15, 0.2) is 11.6 Å². The largest absolute Gasteiger partial charge is 0.393 e. The number of aliphatic hydroxyl groups is 1. The molecule has 0 aliphatic heterocycles. The average molecular weight is 524 g/mol. The van der Waals surface area contributed by atoms with Gasteiger partial charge < -0.3 is 15.7 Å². The molecular formula is C25H29N7O4S. The summed E-state index contributed by atoms with van der Waals surface area (Å²) in [5.74, 6) is 1.46. The van der Waals surface area contributed by atoms with Crippen molar-refractivity contribution in [2.45, 2.75) is 68.8 Å². The SMILES string of the molecule is O=C(c1cnc(Nc2ccnc(-c3cnn(S(=O)(=O)C4CC4)c3)n2)cc1N[C@@H]1CCC[C@H](O)C1)C1CC1. The van der Waals surface area contributed by atoms with Crippen LogP contribution in [0.25, 0.3) is 11.4 Å². The van der Waals surface area contributed by atoms with Crippen LogP contribution in [0, 0.1) is 5.92 Å². The van der Waals surface area contributed by atoms with Crippen LogP contribution in [0.1, 0.15) is 61.7 Å². The number of rotatable bonds is 9. The first-order valence-electron chi connectivity index (χ1n) is 12.7. The van der Waals surface area contributed by atoms with E-state index in [-0.39, 0.29) is 29.1 Å². The highest BCUT2D eigenvalue weighted by Gasteiger charge is 2.38. The maximum atomic E-state index is 12.9. The highest BCUT2D eigenvalue weighted by molar-refractivity contribution is 7.90. The summed E-state index contributed by atoms with van der Waals surface area (Å²) in [5.41, 5.74) is 1.76. The first-order chi connectivity index (χ1) is 17.9. The van der Waals surface area contributed by atoms with Gasteiger partial charge in [-0.2, -0.15) is 9.19 Å². The zero-order chi connectivity index (χ0) is 25.6. The number of hydrogen-bond donors (Lipinski definition) is 3. The van der Waals surface area contributed by atoms with Crippen LogP contribution in [0.3, 0.4) is 0 Å². The second-order valence-electron chi connectivity index (χ2n) is 10.2. The summed E-state index contributed by atoms with van der Waals surface area (Å²) >= 11 is 0. The number of ketones is 1. The molecule has 2 atom stereocenters. The van der Waals surface area contributed by atoms with Gasteiger partial charge in [-0.25, -0.2) is 23.4 Å². The lowest BCUT2D eigenvalue weighted by Gasteiger charge is -2.28. The molecule has 3 aromatic rings. The molecule has 194 valence electrons. The van der Waals surface area contributed by atoms with E-state index in [1.807, 2.05) is 0 Å². The topological polar surface area (TPSA) is 152 Å². The van der Waals surface area contributed by atoms with Crippen LogP contribution < -0.4 is 10.6 Å². The van der Waals surface area contributed by atoms with Gasteiger partial charge in [-0.15, -0.1) is 0 Å². The maximum absolute atomic E-state index is 12.9. The molecule has 3 aliphatic rings. The molecular weight excluding hydrogens is 494 g/mol. The van der Waals surface area contributed by atoms with Gasteiger partial charge in [-0.05, 0) is 57.4 Å². The van der Waals surface area contributed by atoms with Crippen molar-refractivity contribution in [2.24, 2.45) is 5.92 Å². The Hall–Kier alpha value is -3.38. The first-order valence-corrected chi connectivity index (χ1v) is 14.3. The predicted octanol–water partition coefficient (Wildman–Crippen LogP) is 3.13. The number of nitrogens with one attached hydrogen (secondary N) is 2. The minimum absolute atomic E-state index is 0.0622. The fourth-order valence-electron chi connectivity index (χ4n) is 4.70. The van der Waals surface area contributed by atoms with Gasteiger partial charge in [0.25, 0.3) is 10.0 Å². The van der Waals surface area contributed by atoms with E-state index in [9.17, 15) is 18.3 Å². The van der Waals surface area contributed by atoms with Gasteiger partial charge in [-0.1, -0.05) is 0 Å². The molecule has 3 N–H and O–H groups in total. The molecule has 3 aromatic heterocycles. The number of carbonyl (C=O) groups is 1. The molecule has 3 saturated carbocycles. The van der Waals surface area contributed by atoms with E-state index >= 15 is 0 Å². The van der Waals surface area contributed by atoms with Gasteiger partial charge in [-0.3, -0.25) is 4.79 Å². The third-order valence-corrected chi connectivity index (χ3v) is 9.10. The molecule has 0 radical (unpaired) electrons. The van der Waals surface area contributed by atoms with Crippen LogP contribution in [0.4, 0.5) is 17.3 Å². The zero-order valence-electron chi connectivity index (χ0n) is 20.2. The van der Waals surface area contributed by atoms with E-state index < -0.39 is 10.0 Å². The van der Waals surface area contributed by atoms with Crippen molar-refractivity contribution in [2.75, 3.05) is 10.6 Å². The lowest BCUT2D eigenvalue weighted by molar-refractivity contribution is 0.0968. The van der Waals surface area contributed by atoms with Crippen molar-refractivity contribution in [1.29, 1.82) is 0 Å². The summed E-state index contributed by atoms with van der Waals surface area (Å²) in [7, 11) is -3.47. The molecule has 3 aliphatic carbocycles. The zero-order valence-corrected chi connectivity index (χ0v) is 21.1. The summed E-state index contributed by atoms with van der Waals surface area (Å²) in [5, 5.41) is 20.4. The molecule has 3 fully saturated rings. The lowest BCUT2D eigenvalue weighted by atomic mass is 9.92. The smallest absolute Gasteiger partial charge is 0.256 e. The van der Waals surface area contributed by atoms with Crippen molar-refractivity contribution in [3.05, 3.63) is 42.5 Å². The molecule has 3 heterocycles. The molecule has 0 amide bonds. The van der Waals surface area contributed by atoms with E-state index in [0.29, 0.717) is 53.5 Å². The molecule has 0 unspecified atom stereocenters. The molecule has 6 rings (SSSR count). The van der Waals surface area contributed by atoms with E-state index in [1.54, 1.807) is 24.5 Å². The van der Waals surface area contributed by atoms with Crippen LogP contribution in [-0.4, -0.2) is 60.8 Å². The highest BCUT2D eigenvalue weighted by Crippen LogP contribution is 2.36. The van der Waals surface area contributed by atoms with E-state index in [4.69, 9.17) is 0 Å². The van der Waals surface area contributed by atoms with Gasteiger partial charge in [0, 0.05) is 30.4 Å². The van der Waals surface area contributed by atoms with Crippen molar-refractivity contribution in [1.82, 2.24) is 24.1 Å². The molecule has 0 spiro atoms. The Morgan fingerprint density at radius 1 is 1.05 bits per heavy atom. The first kappa shape index (κ1) is 24.0. The lowest BCUT2D eigenvalue weighted by Crippen LogP contribution is -2.30. The molecule has 0 bridgehead atoms. The molecule has 0 saturated heterocycles. The minimum atomic E-state index is -3.47. The van der Waals surface area contributed by atoms with E-state index in [2.05, 4.69) is 30.7 Å². The fourth-order valence-corrected chi connectivity index (χ4v) is 6.17. The summed E-state index contributed by atoms with van der Waals surface area (Å²) < 4.78 is 25.9.